The van der Waals surface area contributed by atoms with Gasteiger partial charge in [-0.1, -0.05) is 66.2 Å². The van der Waals surface area contributed by atoms with E-state index in [1.165, 1.54) is 4.90 Å². The molecule has 1 saturated heterocycles. The summed E-state index contributed by atoms with van der Waals surface area (Å²) in [5.74, 6) is 0.320. The molecule has 1 aliphatic rings. The minimum absolute atomic E-state index is 0.00889. The molecule has 0 spiro atoms. The molecule has 1 fully saturated rings. The van der Waals surface area contributed by atoms with E-state index in [1.807, 2.05) is 79.7 Å². The number of nitrogens with zero attached hydrogens (tertiary/aromatic N) is 1. The van der Waals surface area contributed by atoms with E-state index in [9.17, 15) is 9.59 Å². The molecule has 176 valence electrons. The monoisotopic (exact) mass is 490 g/mol. The summed E-state index contributed by atoms with van der Waals surface area (Å²) < 4.78 is 5.83. The molecule has 36 heavy (non-hydrogen) atoms. The summed E-state index contributed by atoms with van der Waals surface area (Å²) >= 11 is 5.33. The van der Waals surface area contributed by atoms with Crippen molar-refractivity contribution in [2.75, 3.05) is 4.90 Å². The third-order valence-electron chi connectivity index (χ3n) is 5.72. The summed E-state index contributed by atoms with van der Waals surface area (Å²) in [6.07, 6.45) is 1.60. The van der Waals surface area contributed by atoms with Gasteiger partial charge in [0.25, 0.3) is 11.8 Å². The summed E-state index contributed by atoms with van der Waals surface area (Å²) in [5, 5.41) is 2.67. The predicted octanol–water partition coefficient (Wildman–Crippen LogP) is 6.29. The van der Waals surface area contributed by atoms with E-state index in [0.717, 1.165) is 22.3 Å². The van der Waals surface area contributed by atoms with Gasteiger partial charge in [-0.25, -0.2) is 0 Å². The van der Waals surface area contributed by atoms with Gasteiger partial charge < -0.3 is 4.74 Å². The molecule has 0 atom stereocenters. The second kappa shape index (κ2) is 9.98. The molecule has 1 aliphatic heterocycles. The zero-order valence-electron chi connectivity index (χ0n) is 19.5. The Labute approximate surface area is 214 Å². The molecule has 0 bridgehead atoms. The number of amides is 2. The summed E-state index contributed by atoms with van der Waals surface area (Å²) in [5.41, 5.74) is 4.50. The molecule has 5 nitrogen and oxygen atoms in total. The Bertz CT molecular complexity index is 1490. The molecular weight excluding hydrogens is 468 g/mol. The second-order valence-corrected chi connectivity index (χ2v) is 8.75. The van der Waals surface area contributed by atoms with Crippen LogP contribution < -0.4 is 15.0 Å². The average molecular weight is 491 g/mol. The maximum Gasteiger partial charge on any atom is 0.270 e. The lowest BCUT2D eigenvalue weighted by molar-refractivity contribution is -0.122. The molecule has 2 amide bonds. The number of ether oxygens (including phenoxy) is 1. The number of hydrogen-bond acceptors (Lipinski definition) is 4. The molecule has 4 aromatic carbocycles. The summed E-state index contributed by atoms with van der Waals surface area (Å²) in [7, 11) is 0. The zero-order valence-corrected chi connectivity index (χ0v) is 20.3. The van der Waals surface area contributed by atoms with Gasteiger partial charge in [0, 0.05) is 0 Å². The van der Waals surface area contributed by atoms with Crippen molar-refractivity contribution < 1.29 is 14.3 Å². The SMILES string of the molecule is Cc1cccc(-c2cccc(/C=C3\C(=O)NC(=S)N(c4ccc(Oc5ccccc5)cc4)C3=O)c2)c1. The normalized spacial score (nSPS) is 14.6. The van der Waals surface area contributed by atoms with Crippen LogP contribution in [0.3, 0.4) is 0 Å². The molecule has 1 heterocycles. The van der Waals surface area contributed by atoms with Crippen molar-refractivity contribution in [3.63, 3.8) is 0 Å². The maximum absolute atomic E-state index is 13.4. The number of rotatable bonds is 5. The Hall–Kier alpha value is -4.55. The van der Waals surface area contributed by atoms with Crippen LogP contribution in [-0.4, -0.2) is 16.9 Å². The van der Waals surface area contributed by atoms with Gasteiger partial charge in [-0.05, 0) is 84.4 Å². The Morgan fingerprint density at radius 2 is 1.44 bits per heavy atom. The molecular formula is C30H22N2O3S. The first-order valence-corrected chi connectivity index (χ1v) is 11.8. The fourth-order valence-electron chi connectivity index (χ4n) is 3.98. The molecule has 0 saturated carbocycles. The van der Waals surface area contributed by atoms with Gasteiger partial charge in [-0.15, -0.1) is 0 Å². The van der Waals surface area contributed by atoms with Gasteiger partial charge in [-0.2, -0.15) is 0 Å². The van der Waals surface area contributed by atoms with E-state index in [4.69, 9.17) is 17.0 Å². The number of aryl methyl sites for hydroxylation is 1. The topological polar surface area (TPSA) is 58.6 Å². The van der Waals surface area contributed by atoms with Crippen molar-refractivity contribution in [3.8, 4) is 22.6 Å². The highest BCUT2D eigenvalue weighted by Gasteiger charge is 2.34. The van der Waals surface area contributed by atoms with E-state index in [-0.39, 0.29) is 10.7 Å². The number of benzene rings is 4. The van der Waals surface area contributed by atoms with Gasteiger partial charge in [0.05, 0.1) is 5.69 Å². The third-order valence-corrected chi connectivity index (χ3v) is 6.01. The van der Waals surface area contributed by atoms with Crippen LogP contribution in [0.4, 0.5) is 5.69 Å². The maximum atomic E-state index is 13.4. The van der Waals surface area contributed by atoms with Crippen LogP contribution in [0.15, 0.2) is 109 Å². The average Bonchev–Trinajstić information content (AvgIpc) is 2.88. The lowest BCUT2D eigenvalue weighted by Crippen LogP contribution is -2.54. The van der Waals surface area contributed by atoms with Crippen LogP contribution in [0.25, 0.3) is 17.2 Å². The molecule has 0 aliphatic carbocycles. The van der Waals surface area contributed by atoms with Gasteiger partial charge in [0.2, 0.25) is 0 Å². The van der Waals surface area contributed by atoms with Crippen molar-refractivity contribution in [1.82, 2.24) is 5.32 Å². The van der Waals surface area contributed by atoms with E-state index < -0.39 is 11.8 Å². The summed E-state index contributed by atoms with van der Waals surface area (Å²) in [6.45, 7) is 2.04. The van der Waals surface area contributed by atoms with Crippen LogP contribution in [0.5, 0.6) is 11.5 Å². The Balaban J connectivity index is 1.42. The molecule has 4 aromatic rings. The number of hydrogen-bond donors (Lipinski definition) is 1. The molecule has 5 rings (SSSR count). The van der Waals surface area contributed by atoms with Gasteiger partial charge >= 0.3 is 0 Å². The fourth-order valence-corrected chi connectivity index (χ4v) is 4.26. The summed E-state index contributed by atoms with van der Waals surface area (Å²) in [6, 6.07) is 32.3. The van der Waals surface area contributed by atoms with E-state index >= 15 is 0 Å². The lowest BCUT2D eigenvalue weighted by Gasteiger charge is -2.29. The zero-order chi connectivity index (χ0) is 25.1. The first-order chi connectivity index (χ1) is 17.5. The number of carbonyl (C=O) groups excluding carboxylic acids is 2. The number of thiocarbonyl (C=S) groups is 1. The van der Waals surface area contributed by atoms with Crippen molar-refractivity contribution in [2.45, 2.75) is 6.92 Å². The first kappa shape index (κ1) is 23.2. The van der Waals surface area contributed by atoms with Crippen LogP contribution in [0.1, 0.15) is 11.1 Å². The van der Waals surface area contributed by atoms with Gasteiger partial charge in [-0.3, -0.25) is 19.8 Å². The largest absolute Gasteiger partial charge is 0.457 e. The standard InChI is InChI=1S/C30H22N2O3S/c1-20-7-5-9-22(17-20)23-10-6-8-21(18-23)19-27-28(33)31-30(36)32(29(27)34)24-13-15-26(16-14-24)35-25-11-3-2-4-12-25/h2-19H,1H3,(H,31,33,36)/b27-19+. The van der Waals surface area contributed by atoms with Crippen molar-refractivity contribution in [3.05, 3.63) is 120 Å². The Morgan fingerprint density at radius 3 is 2.17 bits per heavy atom. The van der Waals surface area contributed by atoms with E-state index in [0.29, 0.717) is 17.2 Å². The van der Waals surface area contributed by atoms with Crippen LogP contribution in [0, 0.1) is 6.92 Å². The molecule has 0 aromatic heterocycles. The summed E-state index contributed by atoms with van der Waals surface area (Å²) in [4.78, 5) is 27.4. The van der Waals surface area contributed by atoms with Gasteiger partial charge in [0.1, 0.15) is 17.1 Å². The minimum atomic E-state index is -0.522. The van der Waals surface area contributed by atoms with Crippen LogP contribution >= 0.6 is 12.2 Å². The van der Waals surface area contributed by atoms with Crippen LogP contribution in [-0.2, 0) is 9.59 Å². The highest BCUT2D eigenvalue weighted by Crippen LogP contribution is 2.28. The predicted molar refractivity (Wildman–Crippen MR) is 146 cm³/mol. The molecule has 6 heteroatoms. The fraction of sp³-hybridized carbons (Fsp3) is 0.0333. The quantitative estimate of drug-likeness (QED) is 0.203. The number of para-hydroxylation sites is 1. The van der Waals surface area contributed by atoms with E-state index in [2.05, 4.69) is 11.4 Å². The number of anilines is 1. The van der Waals surface area contributed by atoms with Crippen LogP contribution in [0.2, 0.25) is 0 Å². The number of carbonyl (C=O) groups is 2. The lowest BCUT2D eigenvalue weighted by atomic mass is 10.00. The second-order valence-electron chi connectivity index (χ2n) is 8.36. The van der Waals surface area contributed by atoms with E-state index in [1.54, 1.807) is 30.3 Å². The Kier molecular flexibility index (Phi) is 6.43. The van der Waals surface area contributed by atoms with Gasteiger partial charge in [0.15, 0.2) is 5.11 Å². The minimum Gasteiger partial charge on any atom is -0.457 e. The highest BCUT2D eigenvalue weighted by molar-refractivity contribution is 7.80. The molecule has 0 radical (unpaired) electrons. The smallest absolute Gasteiger partial charge is 0.270 e. The van der Waals surface area contributed by atoms with Crippen molar-refractivity contribution in [2.24, 2.45) is 0 Å². The van der Waals surface area contributed by atoms with Crippen molar-refractivity contribution >= 4 is 40.9 Å². The highest BCUT2D eigenvalue weighted by atomic mass is 32.1. The Morgan fingerprint density at radius 1 is 0.778 bits per heavy atom. The first-order valence-electron chi connectivity index (χ1n) is 11.4. The third kappa shape index (κ3) is 4.94. The van der Waals surface area contributed by atoms with Crippen molar-refractivity contribution in [1.29, 1.82) is 0 Å². The molecule has 0 unspecified atom stereocenters. The number of nitrogens with one attached hydrogen (secondary N) is 1. The molecule has 1 N–H and O–H groups in total.